The topological polar surface area (TPSA) is 45.4 Å². The molecule has 102 valence electrons. The van der Waals surface area contributed by atoms with Gasteiger partial charge in [-0.15, -0.1) is 0 Å². The zero-order chi connectivity index (χ0) is 13.3. The molecule has 1 fully saturated rings. The van der Waals surface area contributed by atoms with Gasteiger partial charge in [0.2, 0.25) is 5.89 Å². The summed E-state index contributed by atoms with van der Waals surface area (Å²) >= 11 is 0. The molecule has 1 aliphatic heterocycles. The molecule has 1 aromatic rings. The molecule has 0 spiro atoms. The van der Waals surface area contributed by atoms with Crippen molar-refractivity contribution in [3.63, 3.8) is 0 Å². The second kappa shape index (κ2) is 4.97. The third kappa shape index (κ3) is 2.90. The van der Waals surface area contributed by atoms with Gasteiger partial charge < -0.3 is 9.42 Å². The van der Waals surface area contributed by atoms with Crippen molar-refractivity contribution in [2.75, 3.05) is 33.2 Å². The van der Waals surface area contributed by atoms with Gasteiger partial charge in [0.05, 0.1) is 6.04 Å². The maximum Gasteiger partial charge on any atom is 0.243 e. The molecule has 2 heterocycles. The van der Waals surface area contributed by atoms with Gasteiger partial charge in [0.25, 0.3) is 0 Å². The first kappa shape index (κ1) is 13.5. The molecule has 0 amide bonds. The van der Waals surface area contributed by atoms with E-state index in [-0.39, 0.29) is 11.5 Å². The third-order valence-corrected chi connectivity index (χ3v) is 3.56. The van der Waals surface area contributed by atoms with Gasteiger partial charge in [0.1, 0.15) is 0 Å². The standard InChI is InChI=1S/C13H24N4O/c1-10(17-8-6-16(5)7-9-17)11-14-12(15-18-11)13(2,3)4/h10H,6-9H2,1-5H3/t10-/m1/s1. The van der Waals surface area contributed by atoms with Crippen LogP contribution in [0, 0.1) is 0 Å². The minimum atomic E-state index is -0.0520. The summed E-state index contributed by atoms with van der Waals surface area (Å²) in [7, 11) is 2.16. The summed E-state index contributed by atoms with van der Waals surface area (Å²) in [4.78, 5) is 9.29. The second-order valence-electron chi connectivity index (χ2n) is 6.22. The lowest BCUT2D eigenvalue weighted by Gasteiger charge is -2.34. The van der Waals surface area contributed by atoms with Crippen LogP contribution in [0.3, 0.4) is 0 Å². The van der Waals surface area contributed by atoms with Crippen molar-refractivity contribution in [1.29, 1.82) is 0 Å². The lowest BCUT2D eigenvalue weighted by atomic mass is 9.96. The molecule has 0 N–H and O–H groups in total. The molecule has 0 aliphatic carbocycles. The second-order valence-corrected chi connectivity index (χ2v) is 6.22. The molecule has 18 heavy (non-hydrogen) atoms. The Morgan fingerprint density at radius 2 is 1.78 bits per heavy atom. The highest BCUT2D eigenvalue weighted by Crippen LogP contribution is 2.24. The molecule has 0 saturated carbocycles. The molecule has 1 atom stereocenters. The summed E-state index contributed by atoms with van der Waals surface area (Å²) in [6, 6.07) is 0.210. The van der Waals surface area contributed by atoms with Crippen LogP contribution in [0.1, 0.15) is 45.5 Å². The van der Waals surface area contributed by atoms with Crippen LogP contribution < -0.4 is 0 Å². The van der Waals surface area contributed by atoms with E-state index in [9.17, 15) is 0 Å². The monoisotopic (exact) mass is 252 g/mol. The molecule has 0 unspecified atom stereocenters. The molecule has 1 aliphatic rings. The predicted octanol–water partition coefficient (Wildman–Crippen LogP) is 1.68. The Kier molecular flexibility index (Phi) is 3.73. The van der Waals surface area contributed by atoms with Crippen molar-refractivity contribution in [3.8, 4) is 0 Å². The van der Waals surface area contributed by atoms with Crippen molar-refractivity contribution in [1.82, 2.24) is 19.9 Å². The van der Waals surface area contributed by atoms with E-state index in [1.54, 1.807) is 0 Å². The normalized spacial score (nSPS) is 21.2. The van der Waals surface area contributed by atoms with Crippen molar-refractivity contribution >= 4 is 0 Å². The van der Waals surface area contributed by atoms with Gasteiger partial charge >= 0.3 is 0 Å². The Labute approximate surface area is 109 Å². The number of hydrogen-bond acceptors (Lipinski definition) is 5. The van der Waals surface area contributed by atoms with Crippen LogP contribution in [0.25, 0.3) is 0 Å². The maximum absolute atomic E-state index is 5.42. The van der Waals surface area contributed by atoms with Gasteiger partial charge in [-0.05, 0) is 14.0 Å². The fourth-order valence-electron chi connectivity index (χ4n) is 2.07. The molecule has 1 aromatic heterocycles. The summed E-state index contributed by atoms with van der Waals surface area (Å²) in [5.41, 5.74) is -0.0520. The summed E-state index contributed by atoms with van der Waals surface area (Å²) < 4.78 is 5.42. The van der Waals surface area contributed by atoms with Crippen LogP contribution in [-0.4, -0.2) is 53.2 Å². The van der Waals surface area contributed by atoms with Gasteiger partial charge in [0, 0.05) is 31.6 Å². The number of piperazine rings is 1. The highest BCUT2D eigenvalue weighted by atomic mass is 16.5. The van der Waals surface area contributed by atoms with E-state index >= 15 is 0 Å². The Balaban J connectivity index is 2.05. The number of hydrogen-bond donors (Lipinski definition) is 0. The highest BCUT2D eigenvalue weighted by Gasteiger charge is 2.27. The largest absolute Gasteiger partial charge is 0.338 e. The molecular formula is C13H24N4O. The zero-order valence-electron chi connectivity index (χ0n) is 12.1. The van der Waals surface area contributed by atoms with E-state index in [1.165, 1.54) is 0 Å². The van der Waals surface area contributed by atoms with Crippen molar-refractivity contribution in [3.05, 3.63) is 11.7 Å². The van der Waals surface area contributed by atoms with Crippen LogP contribution in [0.5, 0.6) is 0 Å². The van der Waals surface area contributed by atoms with Crippen LogP contribution >= 0.6 is 0 Å². The van der Waals surface area contributed by atoms with Crippen LogP contribution in [0.15, 0.2) is 4.52 Å². The fraction of sp³-hybridized carbons (Fsp3) is 0.846. The Morgan fingerprint density at radius 3 is 2.28 bits per heavy atom. The summed E-state index contributed by atoms with van der Waals surface area (Å²) in [5, 5.41) is 4.10. The van der Waals surface area contributed by atoms with Crippen LogP contribution in [-0.2, 0) is 5.41 Å². The van der Waals surface area contributed by atoms with E-state index in [1.807, 2.05) is 0 Å². The van der Waals surface area contributed by atoms with Gasteiger partial charge in [-0.25, -0.2) is 0 Å². The van der Waals surface area contributed by atoms with E-state index < -0.39 is 0 Å². The predicted molar refractivity (Wildman–Crippen MR) is 70.5 cm³/mol. The molecule has 0 radical (unpaired) electrons. The zero-order valence-corrected chi connectivity index (χ0v) is 12.1. The SMILES string of the molecule is C[C@H](c1nc(C(C)(C)C)no1)N1CCN(C)CC1. The molecular weight excluding hydrogens is 228 g/mol. The first-order chi connectivity index (χ1) is 8.38. The van der Waals surface area contributed by atoms with Gasteiger partial charge in [-0.3, -0.25) is 4.90 Å². The van der Waals surface area contributed by atoms with Crippen molar-refractivity contribution < 1.29 is 4.52 Å². The molecule has 0 bridgehead atoms. The molecule has 0 aromatic carbocycles. The minimum absolute atomic E-state index is 0.0520. The van der Waals surface area contributed by atoms with Crippen LogP contribution in [0.4, 0.5) is 0 Å². The van der Waals surface area contributed by atoms with Gasteiger partial charge in [-0.1, -0.05) is 25.9 Å². The molecule has 5 heteroatoms. The smallest absolute Gasteiger partial charge is 0.243 e. The van der Waals surface area contributed by atoms with Gasteiger partial charge in [0.15, 0.2) is 5.82 Å². The first-order valence-electron chi connectivity index (χ1n) is 6.64. The number of nitrogens with zero attached hydrogens (tertiary/aromatic N) is 4. The Hall–Kier alpha value is -0.940. The number of rotatable bonds is 2. The number of likely N-dealkylation sites (N-methyl/N-ethyl adjacent to an activating group) is 1. The maximum atomic E-state index is 5.42. The van der Waals surface area contributed by atoms with E-state index in [0.717, 1.165) is 37.9 Å². The molecule has 5 nitrogen and oxygen atoms in total. The molecule has 2 rings (SSSR count). The van der Waals surface area contributed by atoms with E-state index in [4.69, 9.17) is 4.52 Å². The third-order valence-electron chi connectivity index (χ3n) is 3.56. The summed E-state index contributed by atoms with van der Waals surface area (Å²) in [5.74, 6) is 1.53. The van der Waals surface area contributed by atoms with E-state index in [0.29, 0.717) is 0 Å². The Bertz CT molecular complexity index is 388. The number of aromatic nitrogens is 2. The molecule has 1 saturated heterocycles. The van der Waals surface area contributed by atoms with Crippen molar-refractivity contribution in [2.45, 2.75) is 39.2 Å². The average Bonchev–Trinajstić information content (AvgIpc) is 2.78. The lowest BCUT2D eigenvalue weighted by Crippen LogP contribution is -2.45. The summed E-state index contributed by atoms with van der Waals surface area (Å²) in [6.45, 7) is 12.8. The highest BCUT2D eigenvalue weighted by molar-refractivity contribution is 5.02. The quantitative estimate of drug-likeness (QED) is 0.801. The van der Waals surface area contributed by atoms with Gasteiger partial charge in [-0.2, -0.15) is 4.98 Å². The van der Waals surface area contributed by atoms with Crippen molar-refractivity contribution in [2.24, 2.45) is 0 Å². The van der Waals surface area contributed by atoms with Crippen LogP contribution in [0.2, 0.25) is 0 Å². The summed E-state index contributed by atoms with van der Waals surface area (Å²) in [6.07, 6.45) is 0. The van der Waals surface area contributed by atoms with E-state index in [2.05, 4.69) is 54.7 Å². The average molecular weight is 252 g/mol. The lowest BCUT2D eigenvalue weighted by molar-refractivity contribution is 0.102. The first-order valence-corrected chi connectivity index (χ1v) is 6.64. The minimum Gasteiger partial charge on any atom is -0.338 e. The fourth-order valence-corrected chi connectivity index (χ4v) is 2.07. The Morgan fingerprint density at radius 1 is 1.17 bits per heavy atom.